The third-order valence-corrected chi connectivity index (χ3v) is 4.18. The molecule has 3 heterocycles. The highest BCUT2D eigenvalue weighted by molar-refractivity contribution is 6.06. The number of aromatic nitrogens is 3. The van der Waals surface area contributed by atoms with Crippen molar-refractivity contribution in [1.82, 2.24) is 14.5 Å². The number of ether oxygens (including phenoxy) is 1. The first-order chi connectivity index (χ1) is 12.7. The number of aryl methyl sites for hydroxylation is 1. The standard InChI is InChI=1S/C19H16F2N4O/c1-25-16-6-8-22-11-14(16)13-3-5-18(24-19(13)25)23-12-2-4-15(21)17(10-12)26-9-7-20/h2-6,8,10-11H,7,9H2,1H3,(H,23,24). The molecule has 0 aliphatic heterocycles. The van der Waals surface area contributed by atoms with Gasteiger partial charge >= 0.3 is 0 Å². The van der Waals surface area contributed by atoms with E-state index in [9.17, 15) is 8.78 Å². The second-order valence-corrected chi connectivity index (χ2v) is 5.83. The Morgan fingerprint density at radius 3 is 2.88 bits per heavy atom. The molecule has 0 saturated heterocycles. The zero-order valence-electron chi connectivity index (χ0n) is 14.0. The lowest BCUT2D eigenvalue weighted by Crippen LogP contribution is -2.02. The second kappa shape index (κ2) is 6.59. The van der Waals surface area contributed by atoms with Gasteiger partial charge in [0, 0.05) is 42.0 Å². The molecule has 4 aromatic rings. The molecule has 4 rings (SSSR count). The van der Waals surface area contributed by atoms with Gasteiger partial charge in [-0.1, -0.05) is 0 Å². The molecule has 132 valence electrons. The number of alkyl halides is 1. The first kappa shape index (κ1) is 16.3. The van der Waals surface area contributed by atoms with Gasteiger partial charge in [0.1, 0.15) is 24.7 Å². The fourth-order valence-electron chi connectivity index (χ4n) is 2.97. The summed E-state index contributed by atoms with van der Waals surface area (Å²) in [6, 6.07) is 10.1. The fraction of sp³-hybridized carbons (Fsp3) is 0.158. The summed E-state index contributed by atoms with van der Waals surface area (Å²) in [7, 11) is 1.95. The molecule has 0 aliphatic carbocycles. The third-order valence-electron chi connectivity index (χ3n) is 4.18. The van der Waals surface area contributed by atoms with E-state index in [0.717, 1.165) is 21.9 Å². The minimum Gasteiger partial charge on any atom is -0.488 e. The lowest BCUT2D eigenvalue weighted by atomic mass is 10.2. The maximum Gasteiger partial charge on any atom is 0.165 e. The molecule has 0 spiro atoms. The van der Waals surface area contributed by atoms with Crippen molar-refractivity contribution < 1.29 is 13.5 Å². The number of hydrogen-bond donors (Lipinski definition) is 1. The van der Waals surface area contributed by atoms with Crippen molar-refractivity contribution in [1.29, 1.82) is 0 Å². The van der Waals surface area contributed by atoms with E-state index >= 15 is 0 Å². The molecule has 0 saturated carbocycles. The number of nitrogens with zero attached hydrogens (tertiary/aromatic N) is 3. The SMILES string of the molecule is Cn1c2ccncc2c2ccc(Nc3ccc(F)c(OCCF)c3)nc21. The number of hydrogen-bond acceptors (Lipinski definition) is 4. The van der Waals surface area contributed by atoms with Gasteiger partial charge < -0.3 is 14.6 Å². The van der Waals surface area contributed by atoms with Gasteiger partial charge in [-0.3, -0.25) is 4.98 Å². The van der Waals surface area contributed by atoms with Crippen LogP contribution in [-0.2, 0) is 7.05 Å². The molecule has 0 aliphatic rings. The summed E-state index contributed by atoms with van der Waals surface area (Å²) in [5.41, 5.74) is 2.46. The van der Waals surface area contributed by atoms with Crippen molar-refractivity contribution in [2.24, 2.45) is 7.05 Å². The smallest absolute Gasteiger partial charge is 0.165 e. The van der Waals surface area contributed by atoms with E-state index in [1.807, 2.05) is 36.0 Å². The van der Waals surface area contributed by atoms with E-state index < -0.39 is 12.5 Å². The van der Waals surface area contributed by atoms with Crippen LogP contribution in [0.1, 0.15) is 0 Å². The zero-order chi connectivity index (χ0) is 18.1. The topological polar surface area (TPSA) is 52.0 Å². The van der Waals surface area contributed by atoms with E-state index in [1.165, 1.54) is 12.1 Å². The van der Waals surface area contributed by atoms with Crippen molar-refractivity contribution >= 4 is 33.4 Å². The highest BCUT2D eigenvalue weighted by atomic mass is 19.1. The number of anilines is 2. The number of rotatable bonds is 5. The number of benzene rings is 1. The predicted molar refractivity (Wildman–Crippen MR) is 97.2 cm³/mol. The van der Waals surface area contributed by atoms with Gasteiger partial charge in [-0.15, -0.1) is 0 Å². The second-order valence-electron chi connectivity index (χ2n) is 5.83. The number of halogens is 2. The fourth-order valence-corrected chi connectivity index (χ4v) is 2.97. The summed E-state index contributed by atoms with van der Waals surface area (Å²) in [5, 5.41) is 5.17. The van der Waals surface area contributed by atoms with Crippen LogP contribution in [0.15, 0.2) is 48.8 Å². The molecule has 1 N–H and O–H groups in total. The number of nitrogens with one attached hydrogen (secondary N) is 1. The van der Waals surface area contributed by atoms with Crippen molar-refractivity contribution in [2.75, 3.05) is 18.6 Å². The molecule has 0 atom stereocenters. The van der Waals surface area contributed by atoms with Gasteiger partial charge in [0.15, 0.2) is 11.6 Å². The monoisotopic (exact) mass is 354 g/mol. The molecule has 0 amide bonds. The van der Waals surface area contributed by atoms with Crippen LogP contribution < -0.4 is 10.1 Å². The molecule has 1 aromatic carbocycles. The van der Waals surface area contributed by atoms with E-state index in [-0.39, 0.29) is 12.4 Å². The molecule has 26 heavy (non-hydrogen) atoms. The molecule has 0 fully saturated rings. The molecule has 0 radical (unpaired) electrons. The quantitative estimate of drug-likeness (QED) is 0.579. The van der Waals surface area contributed by atoms with Gasteiger partial charge in [0.05, 0.1) is 5.52 Å². The molecule has 3 aromatic heterocycles. The third kappa shape index (κ3) is 2.81. The maximum absolute atomic E-state index is 13.7. The van der Waals surface area contributed by atoms with Crippen molar-refractivity contribution in [2.45, 2.75) is 0 Å². The van der Waals surface area contributed by atoms with Crippen LogP contribution in [0.2, 0.25) is 0 Å². The number of pyridine rings is 2. The Balaban J connectivity index is 1.69. The summed E-state index contributed by atoms with van der Waals surface area (Å²) in [6.45, 7) is -0.861. The summed E-state index contributed by atoms with van der Waals surface area (Å²) >= 11 is 0. The van der Waals surface area contributed by atoms with Crippen molar-refractivity contribution in [3.05, 3.63) is 54.6 Å². The minimum atomic E-state index is -0.675. The first-order valence-electron chi connectivity index (χ1n) is 8.12. The highest BCUT2D eigenvalue weighted by Crippen LogP contribution is 2.29. The summed E-state index contributed by atoms with van der Waals surface area (Å²) in [4.78, 5) is 8.83. The summed E-state index contributed by atoms with van der Waals surface area (Å²) in [6.07, 6.45) is 3.57. The molecular formula is C19H16F2N4O. The van der Waals surface area contributed by atoms with E-state index in [4.69, 9.17) is 4.74 Å². The largest absolute Gasteiger partial charge is 0.488 e. The van der Waals surface area contributed by atoms with Gasteiger partial charge in [0.25, 0.3) is 0 Å². The Morgan fingerprint density at radius 1 is 1.15 bits per heavy atom. The minimum absolute atomic E-state index is 0.00408. The van der Waals surface area contributed by atoms with Gasteiger partial charge in [0.2, 0.25) is 0 Å². The van der Waals surface area contributed by atoms with Crippen LogP contribution >= 0.6 is 0 Å². The normalized spacial score (nSPS) is 11.2. The molecule has 5 nitrogen and oxygen atoms in total. The molecule has 7 heteroatoms. The van der Waals surface area contributed by atoms with Crippen LogP contribution in [0, 0.1) is 5.82 Å². The average molecular weight is 354 g/mol. The lowest BCUT2D eigenvalue weighted by molar-refractivity contribution is 0.263. The Hall–Kier alpha value is -3.22. The molecular weight excluding hydrogens is 338 g/mol. The zero-order valence-corrected chi connectivity index (χ0v) is 14.0. The van der Waals surface area contributed by atoms with Gasteiger partial charge in [-0.2, -0.15) is 0 Å². The van der Waals surface area contributed by atoms with Gasteiger partial charge in [-0.05, 0) is 30.3 Å². The van der Waals surface area contributed by atoms with E-state index in [0.29, 0.717) is 11.5 Å². The first-order valence-corrected chi connectivity index (χ1v) is 8.12. The Morgan fingerprint density at radius 2 is 2.04 bits per heavy atom. The summed E-state index contributed by atoms with van der Waals surface area (Å²) in [5.74, 6) is 0.0809. The van der Waals surface area contributed by atoms with Crippen LogP contribution in [0.4, 0.5) is 20.3 Å². The average Bonchev–Trinajstić information content (AvgIpc) is 2.95. The maximum atomic E-state index is 13.7. The predicted octanol–water partition coefficient (Wildman–Crippen LogP) is 4.35. The number of fused-ring (bicyclic) bond motifs is 3. The van der Waals surface area contributed by atoms with E-state index in [2.05, 4.69) is 15.3 Å². The van der Waals surface area contributed by atoms with Crippen LogP contribution in [0.25, 0.3) is 21.9 Å². The molecule has 0 bridgehead atoms. The molecule has 0 unspecified atom stereocenters. The van der Waals surface area contributed by atoms with Crippen LogP contribution in [-0.4, -0.2) is 27.8 Å². The van der Waals surface area contributed by atoms with Gasteiger partial charge in [-0.25, -0.2) is 13.8 Å². The Kier molecular flexibility index (Phi) is 4.12. The van der Waals surface area contributed by atoms with Crippen LogP contribution in [0.5, 0.6) is 5.75 Å². The Bertz CT molecular complexity index is 1090. The van der Waals surface area contributed by atoms with E-state index in [1.54, 1.807) is 12.3 Å². The van der Waals surface area contributed by atoms with Crippen LogP contribution in [0.3, 0.4) is 0 Å². The van der Waals surface area contributed by atoms with Crippen molar-refractivity contribution in [3.63, 3.8) is 0 Å². The highest BCUT2D eigenvalue weighted by Gasteiger charge is 2.11. The van der Waals surface area contributed by atoms with Crippen molar-refractivity contribution in [3.8, 4) is 5.75 Å². The summed E-state index contributed by atoms with van der Waals surface area (Å²) < 4.78 is 33.0. The lowest BCUT2D eigenvalue weighted by Gasteiger charge is -2.10. The Labute approximate surface area is 148 Å².